The highest BCUT2D eigenvalue weighted by atomic mass is 19.1. The number of hydrogen-bond acceptors (Lipinski definition) is 3. The summed E-state index contributed by atoms with van der Waals surface area (Å²) < 4.78 is 27.5. The van der Waals surface area contributed by atoms with Crippen molar-refractivity contribution >= 4 is 5.91 Å². The normalized spacial score (nSPS) is 12.8. The van der Waals surface area contributed by atoms with Crippen LogP contribution in [-0.2, 0) is 19.4 Å². The van der Waals surface area contributed by atoms with Gasteiger partial charge >= 0.3 is 0 Å². The fraction of sp³-hybridized carbons (Fsp3) is 0.292. The van der Waals surface area contributed by atoms with Crippen LogP contribution in [0.1, 0.15) is 34.2 Å². The highest BCUT2D eigenvalue weighted by Crippen LogP contribution is 2.39. The standard InChI is InChI=1S/C24H25FN2O3/c1-3-19-23(17-8-9-20-21(14-17)30-13-12-29-20)22(24(26)28)15(2)27(19)11-10-16-6-4-5-7-18(16)25/h4-9,14H,3,10-13H2,1-2H3,(H2,26,28). The second-order valence-corrected chi connectivity index (χ2v) is 7.35. The SMILES string of the molecule is CCc1c(-c2ccc3c(c2)OCCO3)c(C(N)=O)c(C)n1CCc1ccccc1F. The molecule has 0 atom stereocenters. The Hall–Kier alpha value is -3.28. The molecule has 0 bridgehead atoms. The van der Waals surface area contributed by atoms with Crippen LogP contribution in [0.15, 0.2) is 42.5 Å². The number of aromatic nitrogens is 1. The number of amides is 1. The van der Waals surface area contributed by atoms with Crippen molar-refractivity contribution in [3.63, 3.8) is 0 Å². The lowest BCUT2D eigenvalue weighted by molar-refractivity contribution is 0.1000. The minimum Gasteiger partial charge on any atom is -0.486 e. The number of halogens is 1. The number of fused-ring (bicyclic) bond motifs is 1. The smallest absolute Gasteiger partial charge is 0.251 e. The van der Waals surface area contributed by atoms with Crippen LogP contribution in [0.4, 0.5) is 4.39 Å². The summed E-state index contributed by atoms with van der Waals surface area (Å²) >= 11 is 0. The quantitative estimate of drug-likeness (QED) is 0.662. The summed E-state index contributed by atoms with van der Waals surface area (Å²) in [6.45, 7) is 5.50. The van der Waals surface area contributed by atoms with Gasteiger partial charge in [-0.1, -0.05) is 31.2 Å². The van der Waals surface area contributed by atoms with Gasteiger partial charge in [0.15, 0.2) is 11.5 Å². The number of carbonyl (C=O) groups excluding carboxylic acids is 1. The minimum atomic E-state index is -0.475. The van der Waals surface area contributed by atoms with Gasteiger partial charge in [0, 0.05) is 23.5 Å². The molecule has 6 heteroatoms. The van der Waals surface area contributed by atoms with E-state index in [9.17, 15) is 9.18 Å². The van der Waals surface area contributed by atoms with Crippen molar-refractivity contribution in [2.75, 3.05) is 13.2 Å². The molecule has 1 aromatic heterocycles. The van der Waals surface area contributed by atoms with Crippen LogP contribution in [0.3, 0.4) is 0 Å². The molecule has 2 aromatic carbocycles. The summed E-state index contributed by atoms with van der Waals surface area (Å²) in [5.41, 5.74) is 10.4. The van der Waals surface area contributed by atoms with Gasteiger partial charge in [0.25, 0.3) is 5.91 Å². The van der Waals surface area contributed by atoms with E-state index >= 15 is 0 Å². The molecule has 0 unspecified atom stereocenters. The van der Waals surface area contributed by atoms with Crippen LogP contribution in [0.25, 0.3) is 11.1 Å². The van der Waals surface area contributed by atoms with Gasteiger partial charge in [0.1, 0.15) is 19.0 Å². The van der Waals surface area contributed by atoms with Gasteiger partial charge in [-0.2, -0.15) is 0 Å². The molecule has 1 aliphatic rings. The molecule has 5 nitrogen and oxygen atoms in total. The zero-order chi connectivity index (χ0) is 21.3. The lowest BCUT2D eigenvalue weighted by Gasteiger charge is -2.19. The van der Waals surface area contributed by atoms with Gasteiger partial charge < -0.3 is 19.8 Å². The summed E-state index contributed by atoms with van der Waals surface area (Å²) in [5, 5.41) is 0. The fourth-order valence-electron chi connectivity index (χ4n) is 4.21. The number of carbonyl (C=O) groups is 1. The highest BCUT2D eigenvalue weighted by molar-refractivity contribution is 6.02. The van der Waals surface area contributed by atoms with Crippen molar-refractivity contribution in [1.82, 2.24) is 4.57 Å². The molecule has 3 aromatic rings. The first-order valence-electron chi connectivity index (χ1n) is 10.2. The van der Waals surface area contributed by atoms with Gasteiger partial charge in [-0.3, -0.25) is 4.79 Å². The van der Waals surface area contributed by atoms with E-state index in [1.165, 1.54) is 6.07 Å². The van der Waals surface area contributed by atoms with E-state index in [1.807, 2.05) is 38.1 Å². The molecule has 0 spiro atoms. The Kier molecular flexibility index (Phi) is 5.48. The van der Waals surface area contributed by atoms with E-state index in [-0.39, 0.29) is 5.82 Å². The van der Waals surface area contributed by atoms with E-state index in [4.69, 9.17) is 15.2 Å². The molecule has 2 N–H and O–H groups in total. The molecule has 1 amide bonds. The third-order valence-electron chi connectivity index (χ3n) is 5.61. The van der Waals surface area contributed by atoms with Crippen LogP contribution in [0, 0.1) is 12.7 Å². The van der Waals surface area contributed by atoms with E-state index in [2.05, 4.69) is 4.57 Å². The molecule has 1 aliphatic heterocycles. The summed E-state index contributed by atoms with van der Waals surface area (Å²) in [6.07, 6.45) is 1.23. The van der Waals surface area contributed by atoms with Crippen molar-refractivity contribution < 1.29 is 18.7 Å². The summed E-state index contributed by atoms with van der Waals surface area (Å²) in [6, 6.07) is 12.5. The maximum absolute atomic E-state index is 14.1. The fourth-order valence-corrected chi connectivity index (χ4v) is 4.21. The Balaban J connectivity index is 1.79. The molecule has 0 fully saturated rings. The number of rotatable bonds is 6. The molecule has 156 valence electrons. The zero-order valence-corrected chi connectivity index (χ0v) is 17.2. The number of primary amides is 1. The number of aryl methyl sites for hydroxylation is 1. The third-order valence-corrected chi connectivity index (χ3v) is 5.61. The van der Waals surface area contributed by atoms with Gasteiger partial charge in [-0.05, 0) is 49.1 Å². The van der Waals surface area contributed by atoms with Gasteiger partial charge in [-0.25, -0.2) is 4.39 Å². The highest BCUT2D eigenvalue weighted by Gasteiger charge is 2.25. The first-order chi connectivity index (χ1) is 14.5. The lowest BCUT2D eigenvalue weighted by Crippen LogP contribution is -2.15. The topological polar surface area (TPSA) is 66.5 Å². The summed E-state index contributed by atoms with van der Waals surface area (Å²) in [7, 11) is 0. The van der Waals surface area contributed by atoms with Crippen LogP contribution >= 0.6 is 0 Å². The van der Waals surface area contributed by atoms with E-state index in [0.29, 0.717) is 55.2 Å². The Labute approximate surface area is 175 Å². The van der Waals surface area contributed by atoms with E-state index in [1.54, 1.807) is 12.1 Å². The average molecular weight is 408 g/mol. The van der Waals surface area contributed by atoms with Crippen LogP contribution in [0.2, 0.25) is 0 Å². The Bertz CT molecular complexity index is 1100. The molecule has 2 heterocycles. The minimum absolute atomic E-state index is 0.220. The molecule has 30 heavy (non-hydrogen) atoms. The predicted molar refractivity (Wildman–Crippen MR) is 114 cm³/mol. The van der Waals surface area contributed by atoms with Crippen molar-refractivity contribution in [1.29, 1.82) is 0 Å². The molecule has 0 aliphatic carbocycles. The monoisotopic (exact) mass is 408 g/mol. The average Bonchev–Trinajstić information content (AvgIpc) is 3.04. The second-order valence-electron chi connectivity index (χ2n) is 7.35. The van der Waals surface area contributed by atoms with Crippen molar-refractivity contribution in [2.45, 2.75) is 33.2 Å². The van der Waals surface area contributed by atoms with Crippen molar-refractivity contribution in [3.05, 3.63) is 70.8 Å². The largest absolute Gasteiger partial charge is 0.486 e. The lowest BCUT2D eigenvalue weighted by atomic mass is 9.98. The van der Waals surface area contributed by atoms with Crippen molar-refractivity contribution in [2.24, 2.45) is 5.73 Å². The second kappa shape index (κ2) is 8.22. The van der Waals surface area contributed by atoms with E-state index in [0.717, 1.165) is 22.5 Å². The van der Waals surface area contributed by atoms with Gasteiger partial charge in [-0.15, -0.1) is 0 Å². The Morgan fingerprint density at radius 3 is 2.57 bits per heavy atom. The van der Waals surface area contributed by atoms with Crippen LogP contribution in [0.5, 0.6) is 11.5 Å². The maximum atomic E-state index is 14.1. The van der Waals surface area contributed by atoms with Gasteiger partial charge in [0.2, 0.25) is 0 Å². The third kappa shape index (κ3) is 3.54. The molecule has 0 saturated carbocycles. The summed E-state index contributed by atoms with van der Waals surface area (Å²) in [5.74, 6) is 0.659. The molecule has 4 rings (SSSR count). The molecule has 0 radical (unpaired) electrons. The first kappa shape index (κ1) is 20.0. The number of ether oxygens (including phenoxy) is 2. The van der Waals surface area contributed by atoms with Crippen LogP contribution in [-0.4, -0.2) is 23.7 Å². The van der Waals surface area contributed by atoms with Gasteiger partial charge in [0.05, 0.1) is 5.56 Å². The molecule has 0 saturated heterocycles. The predicted octanol–water partition coefficient (Wildman–Crippen LogP) is 4.28. The Morgan fingerprint density at radius 2 is 1.87 bits per heavy atom. The van der Waals surface area contributed by atoms with Crippen LogP contribution < -0.4 is 15.2 Å². The zero-order valence-electron chi connectivity index (χ0n) is 17.2. The van der Waals surface area contributed by atoms with E-state index < -0.39 is 5.91 Å². The number of benzene rings is 2. The molecular formula is C24H25FN2O3. The number of hydrogen-bond donors (Lipinski definition) is 1. The maximum Gasteiger partial charge on any atom is 0.251 e. The van der Waals surface area contributed by atoms with Crippen molar-refractivity contribution in [3.8, 4) is 22.6 Å². The number of nitrogens with zero attached hydrogens (tertiary/aromatic N) is 1. The first-order valence-corrected chi connectivity index (χ1v) is 10.2. The molecular weight excluding hydrogens is 383 g/mol. The summed E-state index contributed by atoms with van der Waals surface area (Å²) in [4.78, 5) is 12.4. The number of nitrogens with two attached hydrogens (primary N) is 1. The Morgan fingerprint density at radius 1 is 1.13 bits per heavy atom.